The van der Waals surface area contributed by atoms with Gasteiger partial charge in [-0.3, -0.25) is 0 Å². The highest BCUT2D eigenvalue weighted by molar-refractivity contribution is 9.11. The maximum Gasteiger partial charge on any atom is 0.244 e. The molecule has 1 unspecified atom stereocenters. The molecule has 0 saturated carbocycles. The van der Waals surface area contributed by atoms with Crippen molar-refractivity contribution in [2.45, 2.75) is 37.5 Å². The molecule has 1 aliphatic heterocycles. The minimum absolute atomic E-state index is 0.357. The predicted molar refractivity (Wildman–Crippen MR) is 88.2 cm³/mol. The quantitative estimate of drug-likeness (QED) is 0.720. The standard InChI is InChI=1S/C14H19Br2NO2S/c1-2-11-4-3-8-17(9-7-11)20(18,19)14-6-5-12(15)10-13(14)16/h5-6,10-11H,2-4,7-9H2,1H3. The van der Waals surface area contributed by atoms with Gasteiger partial charge in [-0.05, 0) is 59.3 Å². The Balaban J connectivity index is 2.25. The first-order chi connectivity index (χ1) is 9.45. The van der Waals surface area contributed by atoms with Gasteiger partial charge >= 0.3 is 0 Å². The molecule has 0 amide bonds. The SMILES string of the molecule is CCC1CCCN(S(=O)(=O)c2ccc(Br)cc2Br)CC1. The van der Waals surface area contributed by atoms with Crippen molar-refractivity contribution in [2.24, 2.45) is 5.92 Å². The third kappa shape index (κ3) is 3.64. The highest BCUT2D eigenvalue weighted by Gasteiger charge is 2.28. The minimum atomic E-state index is -3.40. The van der Waals surface area contributed by atoms with Gasteiger partial charge in [0.2, 0.25) is 10.0 Å². The second kappa shape index (κ2) is 6.90. The van der Waals surface area contributed by atoms with Gasteiger partial charge in [0.1, 0.15) is 0 Å². The Morgan fingerprint density at radius 3 is 2.65 bits per heavy atom. The van der Waals surface area contributed by atoms with Crippen LogP contribution < -0.4 is 0 Å². The molecule has 1 saturated heterocycles. The summed E-state index contributed by atoms with van der Waals surface area (Å²) in [6, 6.07) is 5.20. The molecule has 0 bridgehead atoms. The number of hydrogen-bond donors (Lipinski definition) is 0. The molecule has 0 N–H and O–H groups in total. The summed E-state index contributed by atoms with van der Waals surface area (Å²) in [5.41, 5.74) is 0. The van der Waals surface area contributed by atoms with Crippen LogP contribution in [0.3, 0.4) is 0 Å². The van der Waals surface area contributed by atoms with Crippen LogP contribution in [-0.2, 0) is 10.0 Å². The van der Waals surface area contributed by atoms with Crippen LogP contribution in [0, 0.1) is 5.92 Å². The molecule has 0 radical (unpaired) electrons. The first-order valence-electron chi connectivity index (χ1n) is 6.90. The molecule has 1 aliphatic rings. The van der Waals surface area contributed by atoms with Gasteiger partial charge in [-0.2, -0.15) is 4.31 Å². The average Bonchev–Trinajstić information content (AvgIpc) is 2.63. The third-order valence-electron chi connectivity index (χ3n) is 3.90. The van der Waals surface area contributed by atoms with Gasteiger partial charge in [0.25, 0.3) is 0 Å². The number of sulfonamides is 1. The molecule has 1 fully saturated rings. The Kier molecular flexibility index (Phi) is 5.68. The fourth-order valence-electron chi connectivity index (χ4n) is 2.61. The maximum atomic E-state index is 12.7. The first-order valence-corrected chi connectivity index (χ1v) is 9.93. The summed E-state index contributed by atoms with van der Waals surface area (Å²) in [7, 11) is -3.40. The Morgan fingerprint density at radius 2 is 2.00 bits per heavy atom. The molecule has 20 heavy (non-hydrogen) atoms. The second-order valence-electron chi connectivity index (χ2n) is 5.18. The van der Waals surface area contributed by atoms with Gasteiger partial charge in [-0.15, -0.1) is 0 Å². The lowest BCUT2D eigenvalue weighted by Crippen LogP contribution is -2.32. The van der Waals surface area contributed by atoms with Crippen molar-refractivity contribution in [2.75, 3.05) is 13.1 Å². The van der Waals surface area contributed by atoms with Crippen LogP contribution in [0.25, 0.3) is 0 Å². The van der Waals surface area contributed by atoms with E-state index in [2.05, 4.69) is 38.8 Å². The molecule has 0 spiro atoms. The normalized spacial score (nSPS) is 21.6. The zero-order valence-electron chi connectivity index (χ0n) is 11.5. The van der Waals surface area contributed by atoms with Crippen LogP contribution in [0.2, 0.25) is 0 Å². The number of rotatable bonds is 3. The lowest BCUT2D eigenvalue weighted by atomic mass is 9.98. The van der Waals surface area contributed by atoms with E-state index in [-0.39, 0.29) is 0 Å². The topological polar surface area (TPSA) is 37.4 Å². The van der Waals surface area contributed by atoms with Crippen LogP contribution in [0.15, 0.2) is 32.0 Å². The first kappa shape index (κ1) is 16.5. The van der Waals surface area contributed by atoms with E-state index in [1.807, 2.05) is 0 Å². The van der Waals surface area contributed by atoms with Crippen LogP contribution >= 0.6 is 31.9 Å². The van der Waals surface area contributed by atoms with E-state index in [4.69, 9.17) is 0 Å². The van der Waals surface area contributed by atoms with Crippen LogP contribution in [-0.4, -0.2) is 25.8 Å². The zero-order chi connectivity index (χ0) is 14.8. The number of nitrogens with zero attached hydrogens (tertiary/aromatic N) is 1. The van der Waals surface area contributed by atoms with Gasteiger partial charge in [-0.1, -0.05) is 29.3 Å². The van der Waals surface area contributed by atoms with Gasteiger partial charge in [-0.25, -0.2) is 8.42 Å². The lowest BCUT2D eigenvalue weighted by molar-refractivity contribution is 0.407. The monoisotopic (exact) mass is 423 g/mol. The molecule has 112 valence electrons. The van der Waals surface area contributed by atoms with Crippen LogP contribution in [0.5, 0.6) is 0 Å². The molecule has 1 aromatic rings. The van der Waals surface area contributed by atoms with Crippen molar-refractivity contribution in [3.8, 4) is 0 Å². The molecule has 1 atom stereocenters. The summed E-state index contributed by atoms with van der Waals surface area (Å²) in [5, 5.41) is 0. The second-order valence-corrected chi connectivity index (χ2v) is 8.86. The van der Waals surface area contributed by atoms with Crippen LogP contribution in [0.4, 0.5) is 0 Å². The fraction of sp³-hybridized carbons (Fsp3) is 0.571. The third-order valence-corrected chi connectivity index (χ3v) is 7.26. The van der Waals surface area contributed by atoms with Crippen molar-refractivity contribution in [1.82, 2.24) is 4.31 Å². The van der Waals surface area contributed by atoms with E-state index in [9.17, 15) is 8.42 Å². The summed E-state index contributed by atoms with van der Waals surface area (Å²) < 4.78 is 28.6. The van der Waals surface area contributed by atoms with Crippen molar-refractivity contribution >= 4 is 41.9 Å². The lowest BCUT2D eigenvalue weighted by Gasteiger charge is -2.21. The van der Waals surface area contributed by atoms with Gasteiger partial charge < -0.3 is 0 Å². The summed E-state index contributed by atoms with van der Waals surface area (Å²) in [6.45, 7) is 3.44. The molecule has 2 rings (SSSR count). The van der Waals surface area contributed by atoms with Crippen molar-refractivity contribution < 1.29 is 8.42 Å². The van der Waals surface area contributed by atoms with E-state index in [1.54, 1.807) is 22.5 Å². The molecule has 3 nitrogen and oxygen atoms in total. The molecular weight excluding hydrogens is 406 g/mol. The van der Waals surface area contributed by atoms with E-state index < -0.39 is 10.0 Å². The average molecular weight is 425 g/mol. The van der Waals surface area contributed by atoms with Gasteiger partial charge in [0, 0.05) is 22.0 Å². The van der Waals surface area contributed by atoms with E-state index in [0.717, 1.165) is 30.2 Å². The molecule has 1 aromatic carbocycles. The highest BCUT2D eigenvalue weighted by Crippen LogP contribution is 2.30. The summed E-state index contributed by atoms with van der Waals surface area (Å²) in [6.07, 6.45) is 4.18. The van der Waals surface area contributed by atoms with Gasteiger partial charge in [0.05, 0.1) is 4.90 Å². The summed E-state index contributed by atoms with van der Waals surface area (Å²) in [4.78, 5) is 0.357. The number of hydrogen-bond acceptors (Lipinski definition) is 2. The fourth-order valence-corrected chi connectivity index (χ4v) is 5.81. The van der Waals surface area contributed by atoms with Gasteiger partial charge in [0.15, 0.2) is 0 Å². The van der Waals surface area contributed by atoms with Crippen molar-refractivity contribution in [1.29, 1.82) is 0 Å². The number of benzene rings is 1. The summed E-state index contributed by atoms with van der Waals surface area (Å²) in [5.74, 6) is 0.656. The van der Waals surface area contributed by atoms with E-state index >= 15 is 0 Å². The number of halogens is 2. The van der Waals surface area contributed by atoms with E-state index in [1.165, 1.54) is 0 Å². The highest BCUT2D eigenvalue weighted by atomic mass is 79.9. The smallest absolute Gasteiger partial charge is 0.207 e. The largest absolute Gasteiger partial charge is 0.244 e. The summed E-state index contributed by atoms with van der Waals surface area (Å²) >= 11 is 6.71. The Morgan fingerprint density at radius 1 is 1.25 bits per heavy atom. The molecule has 0 aliphatic carbocycles. The zero-order valence-corrected chi connectivity index (χ0v) is 15.5. The molecule has 6 heteroatoms. The maximum absolute atomic E-state index is 12.7. The minimum Gasteiger partial charge on any atom is -0.207 e. The van der Waals surface area contributed by atoms with Crippen molar-refractivity contribution in [3.05, 3.63) is 27.1 Å². The predicted octanol–water partition coefficient (Wildman–Crippen LogP) is 4.41. The molecular formula is C14H19Br2NO2S. The van der Waals surface area contributed by atoms with Crippen LogP contribution in [0.1, 0.15) is 32.6 Å². The molecule has 0 aromatic heterocycles. The Labute approximate surface area is 138 Å². The Bertz CT molecular complexity index is 575. The molecule has 1 heterocycles. The Hall–Kier alpha value is 0.0900. The van der Waals surface area contributed by atoms with Crippen molar-refractivity contribution in [3.63, 3.8) is 0 Å². The van der Waals surface area contributed by atoms with E-state index in [0.29, 0.717) is 28.4 Å².